The van der Waals surface area contributed by atoms with Gasteiger partial charge in [-0.3, -0.25) is 0 Å². The molecule has 2 heterocycles. The lowest BCUT2D eigenvalue weighted by Gasteiger charge is -2.21. The van der Waals surface area contributed by atoms with Crippen LogP contribution in [-0.4, -0.2) is 89.0 Å². The van der Waals surface area contributed by atoms with E-state index in [4.69, 9.17) is 20.2 Å². The molecule has 2 saturated heterocycles. The van der Waals surface area contributed by atoms with Crippen LogP contribution in [0, 0.1) is 0 Å². The summed E-state index contributed by atoms with van der Waals surface area (Å²) in [5.74, 6) is -0.661. The van der Waals surface area contributed by atoms with Gasteiger partial charge >= 0.3 is 11.9 Å². The molecule has 1 aromatic rings. The summed E-state index contributed by atoms with van der Waals surface area (Å²) in [6.45, 7) is 4.15. The summed E-state index contributed by atoms with van der Waals surface area (Å²) in [6.07, 6.45) is 3.57. The molecule has 2 N–H and O–H groups in total. The van der Waals surface area contributed by atoms with Gasteiger partial charge in [0, 0.05) is 52.4 Å². The summed E-state index contributed by atoms with van der Waals surface area (Å²) in [6, 6.07) is 10.1. The highest BCUT2D eigenvalue weighted by atomic mass is 16.4. The zero-order valence-corrected chi connectivity index (χ0v) is 16.7. The maximum Gasteiger partial charge on any atom is 0.328 e. The van der Waals surface area contributed by atoms with Crippen LogP contribution in [-0.2, 0) is 9.59 Å². The molecule has 0 aliphatic carbocycles. The van der Waals surface area contributed by atoms with Gasteiger partial charge in [0.25, 0.3) is 0 Å². The normalized spacial score (nSPS) is 16.8. The van der Waals surface area contributed by atoms with Crippen molar-refractivity contribution < 1.29 is 19.8 Å². The van der Waals surface area contributed by atoms with Crippen molar-refractivity contribution >= 4 is 29.5 Å². The predicted octanol–water partition coefficient (Wildman–Crippen LogP) is 1.71. The van der Waals surface area contributed by atoms with Gasteiger partial charge in [-0.1, -0.05) is 18.2 Å². The quantitative estimate of drug-likeness (QED) is 0.451. The number of carboxylic acids is 2. The van der Waals surface area contributed by atoms with Crippen molar-refractivity contribution in [1.82, 2.24) is 14.7 Å². The van der Waals surface area contributed by atoms with Crippen LogP contribution in [0.25, 0.3) is 0 Å². The Balaban J connectivity index is 0.000000321. The third kappa shape index (κ3) is 7.28. The van der Waals surface area contributed by atoms with Crippen LogP contribution >= 0.6 is 0 Å². The number of benzene rings is 1. The lowest BCUT2D eigenvalue weighted by molar-refractivity contribution is -0.134. The zero-order chi connectivity index (χ0) is 21.2. The van der Waals surface area contributed by atoms with Crippen molar-refractivity contribution in [3.8, 4) is 0 Å². The molecule has 3 rings (SSSR count). The first-order valence-electron chi connectivity index (χ1n) is 9.40. The molecule has 2 fully saturated rings. The molecule has 0 bridgehead atoms. The largest absolute Gasteiger partial charge is 0.478 e. The van der Waals surface area contributed by atoms with Crippen molar-refractivity contribution in [2.24, 2.45) is 9.98 Å². The molecule has 9 heteroatoms. The molecular formula is C20H27N5O4. The van der Waals surface area contributed by atoms with Crippen LogP contribution in [0.1, 0.15) is 12.8 Å². The van der Waals surface area contributed by atoms with Gasteiger partial charge in [0.2, 0.25) is 11.9 Å². The molecule has 0 radical (unpaired) electrons. The van der Waals surface area contributed by atoms with Crippen LogP contribution in [0.3, 0.4) is 0 Å². The summed E-state index contributed by atoms with van der Waals surface area (Å²) in [4.78, 5) is 35.4. The number of para-hydroxylation sites is 1. The third-order valence-electron chi connectivity index (χ3n) is 4.40. The fourth-order valence-electron chi connectivity index (χ4n) is 2.90. The van der Waals surface area contributed by atoms with Gasteiger partial charge in [-0.15, -0.1) is 0 Å². The maximum absolute atomic E-state index is 9.55. The Kier molecular flexibility index (Phi) is 8.20. The smallest absolute Gasteiger partial charge is 0.328 e. The molecule has 0 aromatic heterocycles. The van der Waals surface area contributed by atoms with Crippen LogP contribution in [0.4, 0.5) is 5.69 Å². The summed E-state index contributed by atoms with van der Waals surface area (Å²) < 4.78 is 0. The van der Waals surface area contributed by atoms with Gasteiger partial charge < -0.3 is 24.9 Å². The molecule has 0 unspecified atom stereocenters. The minimum absolute atomic E-state index is 0.558. The fraction of sp³-hybridized carbons (Fsp3) is 0.400. The SMILES string of the molecule is CN1CCN(C)C1=NC(=Nc1ccccc1)N1CCCC1.O=C(O)C=CC(=O)O. The average molecular weight is 401 g/mol. The second kappa shape index (κ2) is 10.8. The molecule has 2 aliphatic rings. The Bertz CT molecular complexity index is 757. The Morgan fingerprint density at radius 1 is 0.897 bits per heavy atom. The van der Waals surface area contributed by atoms with E-state index in [-0.39, 0.29) is 0 Å². The van der Waals surface area contributed by atoms with Crippen molar-refractivity contribution in [3.63, 3.8) is 0 Å². The van der Waals surface area contributed by atoms with Gasteiger partial charge in [-0.2, -0.15) is 4.99 Å². The van der Waals surface area contributed by atoms with E-state index >= 15 is 0 Å². The first-order chi connectivity index (χ1) is 13.9. The number of hydrogen-bond acceptors (Lipinski definition) is 3. The Labute approximate surface area is 170 Å². The molecule has 2 aliphatic heterocycles. The molecule has 0 amide bonds. The number of likely N-dealkylation sites (N-methyl/N-ethyl adjacent to an activating group) is 2. The van der Waals surface area contributed by atoms with Gasteiger partial charge in [0.05, 0.1) is 5.69 Å². The molecule has 0 saturated carbocycles. The minimum atomic E-state index is -1.26. The van der Waals surface area contributed by atoms with E-state index in [0.717, 1.165) is 43.8 Å². The Hall–Kier alpha value is -3.36. The predicted molar refractivity (Wildman–Crippen MR) is 111 cm³/mol. The van der Waals surface area contributed by atoms with Gasteiger partial charge in [0.15, 0.2) is 0 Å². The summed E-state index contributed by atoms with van der Waals surface area (Å²) in [5, 5.41) is 15.6. The number of aliphatic imine (C=N–C) groups is 2. The van der Waals surface area contributed by atoms with E-state index in [1.165, 1.54) is 12.8 Å². The van der Waals surface area contributed by atoms with E-state index in [1.54, 1.807) is 0 Å². The summed E-state index contributed by atoms with van der Waals surface area (Å²) in [7, 11) is 4.18. The molecular weight excluding hydrogens is 374 g/mol. The molecule has 9 nitrogen and oxygen atoms in total. The molecule has 1 aromatic carbocycles. The number of rotatable bonds is 3. The lowest BCUT2D eigenvalue weighted by Crippen LogP contribution is -2.33. The van der Waals surface area contributed by atoms with Gasteiger partial charge in [0.1, 0.15) is 0 Å². The van der Waals surface area contributed by atoms with Gasteiger partial charge in [-0.25, -0.2) is 14.6 Å². The second-order valence-electron chi connectivity index (χ2n) is 6.71. The zero-order valence-electron chi connectivity index (χ0n) is 16.7. The monoisotopic (exact) mass is 401 g/mol. The number of carboxylic acid groups (broad SMARTS) is 2. The average Bonchev–Trinajstić information content (AvgIpc) is 3.33. The number of guanidine groups is 2. The molecule has 156 valence electrons. The number of aliphatic carboxylic acids is 2. The molecule has 0 atom stereocenters. The highest BCUT2D eigenvalue weighted by Crippen LogP contribution is 2.16. The van der Waals surface area contributed by atoms with E-state index in [9.17, 15) is 9.59 Å². The minimum Gasteiger partial charge on any atom is -0.478 e. The lowest BCUT2D eigenvalue weighted by atomic mass is 10.3. The number of carbonyl (C=O) groups is 2. The van der Waals surface area contributed by atoms with Crippen LogP contribution in [0.2, 0.25) is 0 Å². The maximum atomic E-state index is 9.55. The Morgan fingerprint density at radius 3 is 1.90 bits per heavy atom. The number of likely N-dealkylation sites (tertiary alicyclic amines) is 1. The first-order valence-corrected chi connectivity index (χ1v) is 9.40. The van der Waals surface area contributed by atoms with E-state index < -0.39 is 11.9 Å². The number of hydrogen-bond donors (Lipinski definition) is 2. The topological polar surface area (TPSA) is 109 Å². The fourth-order valence-corrected chi connectivity index (χ4v) is 2.90. The van der Waals surface area contributed by atoms with Crippen LogP contribution in [0.15, 0.2) is 52.5 Å². The summed E-state index contributed by atoms with van der Waals surface area (Å²) in [5.41, 5.74) is 0.965. The molecule has 0 spiro atoms. The number of nitrogens with zero attached hydrogens (tertiary/aromatic N) is 5. The van der Waals surface area contributed by atoms with E-state index in [1.807, 2.05) is 30.3 Å². The highest BCUT2D eigenvalue weighted by molar-refractivity contribution is 5.96. The van der Waals surface area contributed by atoms with Crippen molar-refractivity contribution in [2.75, 3.05) is 40.3 Å². The Morgan fingerprint density at radius 2 is 1.41 bits per heavy atom. The van der Waals surface area contributed by atoms with Crippen LogP contribution in [0.5, 0.6) is 0 Å². The van der Waals surface area contributed by atoms with Crippen molar-refractivity contribution in [3.05, 3.63) is 42.5 Å². The van der Waals surface area contributed by atoms with E-state index in [0.29, 0.717) is 12.2 Å². The third-order valence-corrected chi connectivity index (χ3v) is 4.40. The van der Waals surface area contributed by atoms with Gasteiger partial charge in [-0.05, 0) is 25.0 Å². The van der Waals surface area contributed by atoms with E-state index in [2.05, 4.69) is 28.8 Å². The second-order valence-corrected chi connectivity index (χ2v) is 6.71. The van der Waals surface area contributed by atoms with Crippen molar-refractivity contribution in [1.29, 1.82) is 0 Å². The highest BCUT2D eigenvalue weighted by Gasteiger charge is 2.23. The standard InChI is InChI=1S/C16H23N5.C4H4O4/c1-19-12-13-20(2)16(19)18-15(21-10-6-7-11-21)17-14-8-4-3-5-9-14;5-3(6)1-2-4(7)8/h3-5,8-9H,6-7,10-13H2,1-2H3;1-2H,(H,5,6)(H,7,8). The first kappa shape index (κ1) is 21.9. The molecule has 29 heavy (non-hydrogen) atoms. The van der Waals surface area contributed by atoms with Crippen LogP contribution < -0.4 is 0 Å². The van der Waals surface area contributed by atoms with Crippen molar-refractivity contribution in [2.45, 2.75) is 12.8 Å². The summed E-state index contributed by atoms with van der Waals surface area (Å²) >= 11 is 0.